The van der Waals surface area contributed by atoms with Crippen LogP contribution in [0.1, 0.15) is 11.1 Å². The molecule has 0 radical (unpaired) electrons. The van der Waals surface area contributed by atoms with Gasteiger partial charge in [0, 0.05) is 28.7 Å². The molecule has 0 unspecified atom stereocenters. The van der Waals surface area contributed by atoms with Crippen LogP contribution in [0.3, 0.4) is 0 Å². The summed E-state index contributed by atoms with van der Waals surface area (Å²) in [6.45, 7) is 4.07. The van der Waals surface area contributed by atoms with Crippen molar-refractivity contribution in [3.05, 3.63) is 62.7 Å². The van der Waals surface area contributed by atoms with Crippen LogP contribution in [0, 0.1) is 13.8 Å². The molecular formula is C18H17BrCl2N2O2S2. The lowest BCUT2D eigenvalue weighted by molar-refractivity contribution is 0.609. The van der Waals surface area contributed by atoms with Gasteiger partial charge in [-0.05, 0) is 37.6 Å². The molecule has 3 aromatic rings. The van der Waals surface area contributed by atoms with E-state index in [0.717, 1.165) is 21.7 Å². The second-order valence-electron chi connectivity index (χ2n) is 5.95. The van der Waals surface area contributed by atoms with Crippen LogP contribution in [-0.2, 0) is 16.1 Å². The number of rotatable bonds is 3. The largest absolute Gasteiger partial charge is 0.320 e. The number of aryl methyl sites for hydroxylation is 2. The minimum atomic E-state index is -3.92. The molecule has 0 amide bonds. The highest BCUT2D eigenvalue weighted by Gasteiger charge is 2.17. The topological polar surface area (TPSA) is 51.4 Å². The van der Waals surface area contributed by atoms with E-state index in [0.29, 0.717) is 5.56 Å². The highest BCUT2D eigenvalue weighted by atomic mass is 79.9. The maximum Gasteiger partial charge on any atom is 0.262 e. The van der Waals surface area contributed by atoms with Crippen LogP contribution >= 0.6 is 50.6 Å². The molecule has 0 atom stereocenters. The molecule has 1 aromatic heterocycles. The Morgan fingerprint density at radius 1 is 1.11 bits per heavy atom. The molecule has 27 heavy (non-hydrogen) atoms. The molecule has 144 valence electrons. The van der Waals surface area contributed by atoms with E-state index in [1.165, 1.54) is 29.0 Å². The van der Waals surface area contributed by atoms with Crippen molar-refractivity contribution >= 4 is 65.3 Å². The highest BCUT2D eigenvalue weighted by molar-refractivity contribution is 8.93. The van der Waals surface area contributed by atoms with Gasteiger partial charge in [-0.2, -0.15) is 0 Å². The van der Waals surface area contributed by atoms with Crippen LogP contribution in [0.15, 0.2) is 51.7 Å². The average molecular weight is 508 g/mol. The van der Waals surface area contributed by atoms with Gasteiger partial charge in [0.2, 0.25) is 0 Å². The molecule has 9 heteroatoms. The molecule has 0 N–H and O–H groups in total. The van der Waals surface area contributed by atoms with Crippen molar-refractivity contribution in [3.8, 4) is 11.3 Å². The van der Waals surface area contributed by atoms with Gasteiger partial charge in [0.1, 0.15) is 4.90 Å². The van der Waals surface area contributed by atoms with E-state index in [4.69, 9.17) is 27.3 Å². The Morgan fingerprint density at radius 3 is 2.44 bits per heavy atom. The van der Waals surface area contributed by atoms with Crippen molar-refractivity contribution in [2.24, 2.45) is 12.0 Å². The summed E-state index contributed by atoms with van der Waals surface area (Å²) < 4.78 is 25.3. The minimum Gasteiger partial charge on any atom is -0.320 e. The molecular weight excluding hydrogens is 491 g/mol. The monoisotopic (exact) mass is 506 g/mol. The Bertz CT molecular complexity index is 1170. The van der Waals surface area contributed by atoms with Crippen LogP contribution in [0.25, 0.3) is 11.3 Å². The van der Waals surface area contributed by atoms with Crippen LogP contribution in [0.5, 0.6) is 0 Å². The van der Waals surface area contributed by atoms with Gasteiger partial charge in [0.25, 0.3) is 9.05 Å². The lowest BCUT2D eigenvalue weighted by Gasteiger charge is -2.06. The standard InChI is InChI=1S/C18H16Cl2N2O2S2.BrH/c1-11-4-7-15(12(2)8-11)21-18-22(3)16(10-25-18)13-5-6-14(19)17(9-13)26(20,23)24;/h4-10H,1-3H3;1H/b21-18+;. The van der Waals surface area contributed by atoms with E-state index in [2.05, 4.69) is 6.07 Å². The third-order valence-electron chi connectivity index (χ3n) is 3.98. The SMILES string of the molecule is Br.Cc1ccc(/N=c2/scc(-c3ccc(Cl)c(S(=O)(=O)Cl)c3)n2C)c(C)c1. The normalized spacial score (nSPS) is 12.1. The zero-order chi connectivity index (χ0) is 19.1. The van der Waals surface area contributed by atoms with Crippen molar-refractivity contribution in [1.82, 2.24) is 4.57 Å². The fourth-order valence-corrected chi connectivity index (χ4v) is 5.03. The molecule has 1 heterocycles. The Kier molecular flexibility index (Phi) is 6.97. The van der Waals surface area contributed by atoms with Crippen LogP contribution in [0.2, 0.25) is 5.02 Å². The molecule has 2 aromatic carbocycles. The van der Waals surface area contributed by atoms with Gasteiger partial charge in [0.05, 0.1) is 16.4 Å². The average Bonchev–Trinajstić information content (AvgIpc) is 2.90. The predicted molar refractivity (Wildman–Crippen MR) is 118 cm³/mol. The number of halogens is 3. The molecule has 0 saturated carbocycles. The smallest absolute Gasteiger partial charge is 0.262 e. The fourth-order valence-electron chi connectivity index (χ4n) is 2.62. The molecule has 0 aliphatic carbocycles. The van der Waals surface area contributed by atoms with Crippen molar-refractivity contribution in [3.63, 3.8) is 0 Å². The fraction of sp³-hybridized carbons (Fsp3) is 0.167. The van der Waals surface area contributed by atoms with Crippen LogP contribution in [-0.4, -0.2) is 13.0 Å². The summed E-state index contributed by atoms with van der Waals surface area (Å²) in [5.74, 6) is 0. The predicted octanol–water partition coefficient (Wildman–Crippen LogP) is 5.76. The van der Waals surface area contributed by atoms with Gasteiger partial charge in [-0.1, -0.05) is 35.4 Å². The van der Waals surface area contributed by atoms with E-state index in [1.807, 2.05) is 43.0 Å². The summed E-state index contributed by atoms with van der Waals surface area (Å²) in [7, 11) is 3.44. The van der Waals surface area contributed by atoms with Crippen LogP contribution < -0.4 is 4.80 Å². The summed E-state index contributed by atoms with van der Waals surface area (Å²) in [4.78, 5) is 5.43. The molecule has 4 nitrogen and oxygen atoms in total. The maximum atomic E-state index is 11.7. The van der Waals surface area contributed by atoms with E-state index in [-0.39, 0.29) is 26.9 Å². The highest BCUT2D eigenvalue weighted by Crippen LogP contribution is 2.30. The van der Waals surface area contributed by atoms with E-state index < -0.39 is 9.05 Å². The zero-order valence-corrected chi connectivity index (χ0v) is 19.6. The van der Waals surface area contributed by atoms with E-state index >= 15 is 0 Å². The third kappa shape index (κ3) is 4.84. The first-order valence-electron chi connectivity index (χ1n) is 7.68. The quantitative estimate of drug-likeness (QED) is 0.423. The summed E-state index contributed by atoms with van der Waals surface area (Å²) in [6.07, 6.45) is 0. The summed E-state index contributed by atoms with van der Waals surface area (Å²) in [5.41, 5.74) is 4.72. The molecule has 0 bridgehead atoms. The first-order valence-corrected chi connectivity index (χ1v) is 11.2. The Balaban J connectivity index is 0.00000261. The molecule has 0 saturated heterocycles. The van der Waals surface area contributed by atoms with Crippen molar-refractivity contribution in [1.29, 1.82) is 0 Å². The van der Waals surface area contributed by atoms with E-state index in [1.54, 1.807) is 6.07 Å². The molecule has 0 spiro atoms. The third-order valence-corrected chi connectivity index (χ3v) is 6.70. The molecule has 0 aliphatic heterocycles. The number of nitrogens with zero attached hydrogens (tertiary/aromatic N) is 2. The van der Waals surface area contributed by atoms with Gasteiger partial charge in [0.15, 0.2) is 4.80 Å². The number of hydrogen-bond donors (Lipinski definition) is 0. The molecule has 3 rings (SSSR count). The van der Waals surface area contributed by atoms with Gasteiger partial charge in [-0.15, -0.1) is 28.3 Å². The minimum absolute atomic E-state index is 0. The first-order chi connectivity index (χ1) is 12.2. The second-order valence-corrected chi connectivity index (χ2v) is 9.73. The molecule has 0 aliphatic rings. The van der Waals surface area contributed by atoms with E-state index in [9.17, 15) is 8.42 Å². The van der Waals surface area contributed by atoms with Crippen molar-refractivity contribution in [2.75, 3.05) is 0 Å². The zero-order valence-electron chi connectivity index (χ0n) is 14.7. The number of thiazole rings is 1. The summed E-state index contributed by atoms with van der Waals surface area (Å²) in [6, 6.07) is 10.9. The van der Waals surface area contributed by atoms with Crippen molar-refractivity contribution < 1.29 is 8.42 Å². The van der Waals surface area contributed by atoms with Gasteiger partial charge in [-0.3, -0.25) is 0 Å². The maximum absolute atomic E-state index is 11.7. The number of hydrogen-bond acceptors (Lipinski definition) is 4. The lowest BCUT2D eigenvalue weighted by atomic mass is 10.1. The Labute approximate surface area is 182 Å². The summed E-state index contributed by atoms with van der Waals surface area (Å²) in [5, 5.41) is 2.03. The van der Waals surface area contributed by atoms with Gasteiger partial charge >= 0.3 is 0 Å². The second kappa shape index (κ2) is 8.49. The Morgan fingerprint density at radius 2 is 1.81 bits per heavy atom. The lowest BCUT2D eigenvalue weighted by Crippen LogP contribution is -2.11. The molecule has 0 fully saturated rings. The van der Waals surface area contributed by atoms with Crippen molar-refractivity contribution in [2.45, 2.75) is 18.7 Å². The van der Waals surface area contributed by atoms with Gasteiger partial charge < -0.3 is 4.57 Å². The Hall–Kier alpha value is -1.12. The van der Waals surface area contributed by atoms with Gasteiger partial charge in [-0.25, -0.2) is 13.4 Å². The number of aromatic nitrogens is 1. The first kappa shape index (κ1) is 22.2. The summed E-state index contributed by atoms with van der Waals surface area (Å²) >= 11 is 7.44. The number of benzene rings is 2. The van der Waals surface area contributed by atoms with Crippen LogP contribution in [0.4, 0.5) is 5.69 Å².